The molecule has 1 aromatic carbocycles. The average Bonchev–Trinajstić information content (AvgIpc) is 2.22. The number of nitrogens with one attached hydrogen (secondary N) is 1. The molecular weight excluding hydrogens is 252 g/mol. The van der Waals surface area contributed by atoms with E-state index in [1.165, 1.54) is 5.56 Å². The second kappa shape index (κ2) is 5.91. The first-order chi connectivity index (χ1) is 7.13. The first kappa shape index (κ1) is 12.2. The zero-order valence-corrected chi connectivity index (χ0v) is 10.8. The van der Waals surface area contributed by atoms with E-state index in [1.807, 2.05) is 24.1 Å². The van der Waals surface area contributed by atoms with Crippen LogP contribution in [0.15, 0.2) is 28.7 Å². The van der Waals surface area contributed by atoms with Crippen molar-refractivity contribution in [2.75, 3.05) is 7.05 Å². The van der Waals surface area contributed by atoms with Gasteiger partial charge in [0.25, 0.3) is 0 Å². The van der Waals surface area contributed by atoms with E-state index in [2.05, 4.69) is 35.0 Å². The summed E-state index contributed by atoms with van der Waals surface area (Å²) in [7, 11) is 1.97. The molecule has 0 aliphatic heterocycles. The summed E-state index contributed by atoms with van der Waals surface area (Å²) in [6.45, 7) is 2.91. The molecule has 0 aliphatic carbocycles. The quantitative estimate of drug-likeness (QED) is 0.655. The van der Waals surface area contributed by atoms with E-state index in [-0.39, 0.29) is 0 Å². The molecular formula is C12H17BrN2. The van der Waals surface area contributed by atoms with Gasteiger partial charge in [0, 0.05) is 24.5 Å². The normalized spacial score (nSPS) is 10.1. The minimum absolute atomic E-state index is 0.709. The molecule has 1 aromatic rings. The van der Waals surface area contributed by atoms with Crippen molar-refractivity contribution in [3.05, 3.63) is 34.3 Å². The SMILES string of the molecule is CCCC(=N)N(C)Cc1ccc(Br)cc1. The maximum Gasteiger partial charge on any atom is 0.0957 e. The largest absolute Gasteiger partial charge is 0.359 e. The molecule has 0 amide bonds. The summed E-state index contributed by atoms with van der Waals surface area (Å²) in [5.41, 5.74) is 1.24. The second-order valence-corrected chi connectivity index (χ2v) is 4.59. The standard InChI is InChI=1S/C12H17BrN2/c1-3-4-12(14)15(2)9-10-5-7-11(13)8-6-10/h5-8,14H,3-4,9H2,1-2H3. The van der Waals surface area contributed by atoms with Crippen LogP contribution in [0.1, 0.15) is 25.3 Å². The summed E-state index contributed by atoms with van der Waals surface area (Å²) in [6.07, 6.45) is 1.89. The Bertz CT molecular complexity index is 319. The Morgan fingerprint density at radius 3 is 2.47 bits per heavy atom. The molecule has 15 heavy (non-hydrogen) atoms. The van der Waals surface area contributed by atoms with Gasteiger partial charge < -0.3 is 4.90 Å². The van der Waals surface area contributed by atoms with E-state index in [0.29, 0.717) is 5.84 Å². The van der Waals surface area contributed by atoms with Crippen molar-refractivity contribution >= 4 is 21.8 Å². The Morgan fingerprint density at radius 1 is 1.33 bits per heavy atom. The van der Waals surface area contributed by atoms with E-state index in [4.69, 9.17) is 5.41 Å². The lowest BCUT2D eigenvalue weighted by molar-refractivity contribution is 0.483. The van der Waals surface area contributed by atoms with Gasteiger partial charge in [-0.25, -0.2) is 0 Å². The molecule has 1 rings (SSSR count). The van der Waals surface area contributed by atoms with E-state index in [1.54, 1.807) is 0 Å². The van der Waals surface area contributed by atoms with E-state index in [9.17, 15) is 0 Å². The molecule has 0 radical (unpaired) electrons. The van der Waals surface area contributed by atoms with Gasteiger partial charge in [0.2, 0.25) is 0 Å². The van der Waals surface area contributed by atoms with E-state index in [0.717, 1.165) is 23.9 Å². The Kier molecular flexibility index (Phi) is 4.82. The maximum atomic E-state index is 7.80. The zero-order valence-electron chi connectivity index (χ0n) is 9.26. The molecule has 0 saturated heterocycles. The third-order valence-corrected chi connectivity index (χ3v) is 2.81. The van der Waals surface area contributed by atoms with E-state index >= 15 is 0 Å². The molecule has 0 unspecified atom stereocenters. The van der Waals surface area contributed by atoms with Crippen LogP contribution in [0.5, 0.6) is 0 Å². The van der Waals surface area contributed by atoms with Gasteiger partial charge in [-0.05, 0) is 24.1 Å². The minimum Gasteiger partial charge on any atom is -0.359 e. The van der Waals surface area contributed by atoms with Crippen molar-refractivity contribution in [1.82, 2.24) is 4.90 Å². The number of rotatable bonds is 4. The summed E-state index contributed by atoms with van der Waals surface area (Å²) in [6, 6.07) is 8.23. The van der Waals surface area contributed by atoms with Crippen LogP contribution in [0, 0.1) is 5.41 Å². The van der Waals surface area contributed by atoms with Crippen LogP contribution >= 0.6 is 15.9 Å². The fraction of sp³-hybridized carbons (Fsp3) is 0.417. The smallest absolute Gasteiger partial charge is 0.0957 e. The highest BCUT2D eigenvalue weighted by atomic mass is 79.9. The van der Waals surface area contributed by atoms with Gasteiger partial charge >= 0.3 is 0 Å². The van der Waals surface area contributed by atoms with Crippen LogP contribution in [0.4, 0.5) is 0 Å². The molecule has 3 heteroatoms. The average molecular weight is 269 g/mol. The number of halogens is 1. The molecule has 0 aromatic heterocycles. The third kappa shape index (κ3) is 4.04. The fourth-order valence-electron chi connectivity index (χ4n) is 1.39. The number of amidine groups is 1. The third-order valence-electron chi connectivity index (χ3n) is 2.28. The van der Waals surface area contributed by atoms with Gasteiger partial charge in [0.1, 0.15) is 0 Å². The molecule has 0 fully saturated rings. The zero-order chi connectivity index (χ0) is 11.3. The lowest BCUT2D eigenvalue weighted by Crippen LogP contribution is -2.24. The minimum atomic E-state index is 0.709. The summed E-state index contributed by atoms with van der Waals surface area (Å²) >= 11 is 3.41. The highest BCUT2D eigenvalue weighted by Crippen LogP contribution is 2.12. The lowest BCUT2D eigenvalue weighted by Gasteiger charge is -2.19. The molecule has 0 aliphatic rings. The number of benzene rings is 1. The summed E-state index contributed by atoms with van der Waals surface area (Å²) in [4.78, 5) is 1.99. The Labute approximate surface area is 99.9 Å². The van der Waals surface area contributed by atoms with Gasteiger partial charge in [-0.3, -0.25) is 5.41 Å². The number of nitrogens with zero attached hydrogens (tertiary/aromatic N) is 1. The van der Waals surface area contributed by atoms with Crippen molar-refractivity contribution in [3.63, 3.8) is 0 Å². The monoisotopic (exact) mass is 268 g/mol. The van der Waals surface area contributed by atoms with Gasteiger partial charge in [-0.15, -0.1) is 0 Å². The van der Waals surface area contributed by atoms with Crippen LogP contribution in [-0.4, -0.2) is 17.8 Å². The fourth-order valence-corrected chi connectivity index (χ4v) is 1.65. The van der Waals surface area contributed by atoms with Crippen LogP contribution in [0.2, 0.25) is 0 Å². The first-order valence-electron chi connectivity index (χ1n) is 5.16. The van der Waals surface area contributed by atoms with Crippen molar-refractivity contribution < 1.29 is 0 Å². The second-order valence-electron chi connectivity index (χ2n) is 3.68. The summed E-state index contributed by atoms with van der Waals surface area (Å²) in [5, 5.41) is 7.80. The van der Waals surface area contributed by atoms with Crippen LogP contribution in [0.25, 0.3) is 0 Å². The topological polar surface area (TPSA) is 27.1 Å². The summed E-state index contributed by atoms with van der Waals surface area (Å²) < 4.78 is 1.09. The van der Waals surface area contributed by atoms with Crippen molar-refractivity contribution in [3.8, 4) is 0 Å². The molecule has 0 bridgehead atoms. The van der Waals surface area contributed by atoms with E-state index < -0.39 is 0 Å². The molecule has 1 N–H and O–H groups in total. The molecule has 2 nitrogen and oxygen atoms in total. The van der Waals surface area contributed by atoms with Crippen molar-refractivity contribution in [2.45, 2.75) is 26.3 Å². The molecule has 0 heterocycles. The Morgan fingerprint density at radius 2 is 1.93 bits per heavy atom. The Hall–Kier alpha value is -0.830. The highest BCUT2D eigenvalue weighted by Gasteiger charge is 2.03. The molecule has 82 valence electrons. The van der Waals surface area contributed by atoms with Gasteiger partial charge in [-0.2, -0.15) is 0 Å². The summed E-state index contributed by atoms with van der Waals surface area (Å²) in [5.74, 6) is 0.709. The van der Waals surface area contributed by atoms with Gasteiger partial charge in [0.15, 0.2) is 0 Å². The van der Waals surface area contributed by atoms with Crippen LogP contribution < -0.4 is 0 Å². The van der Waals surface area contributed by atoms with Crippen LogP contribution in [-0.2, 0) is 6.54 Å². The number of hydrogen-bond donors (Lipinski definition) is 1. The Balaban J connectivity index is 2.54. The molecule has 0 saturated carbocycles. The molecule has 0 atom stereocenters. The lowest BCUT2D eigenvalue weighted by atomic mass is 10.2. The van der Waals surface area contributed by atoms with Crippen molar-refractivity contribution in [1.29, 1.82) is 5.41 Å². The van der Waals surface area contributed by atoms with Crippen molar-refractivity contribution in [2.24, 2.45) is 0 Å². The maximum absolute atomic E-state index is 7.80. The van der Waals surface area contributed by atoms with Gasteiger partial charge in [-0.1, -0.05) is 35.0 Å². The number of hydrogen-bond acceptors (Lipinski definition) is 1. The predicted molar refractivity (Wildman–Crippen MR) is 68.2 cm³/mol. The van der Waals surface area contributed by atoms with Gasteiger partial charge in [0.05, 0.1) is 5.84 Å². The van der Waals surface area contributed by atoms with Crippen LogP contribution in [0.3, 0.4) is 0 Å². The first-order valence-corrected chi connectivity index (χ1v) is 5.95. The molecule has 0 spiro atoms. The highest BCUT2D eigenvalue weighted by molar-refractivity contribution is 9.10. The predicted octanol–water partition coefficient (Wildman–Crippen LogP) is 3.66.